The van der Waals surface area contributed by atoms with Crippen LogP contribution in [0.4, 0.5) is 0 Å². The molecule has 1 aliphatic rings. The second kappa shape index (κ2) is 7.94. The van der Waals surface area contributed by atoms with Crippen molar-refractivity contribution >= 4 is 5.91 Å². The van der Waals surface area contributed by atoms with Crippen LogP contribution in [0.1, 0.15) is 23.4 Å². The van der Waals surface area contributed by atoms with Gasteiger partial charge in [-0.15, -0.1) is 10.2 Å². The van der Waals surface area contributed by atoms with Crippen LogP contribution in [0.25, 0.3) is 0 Å². The molecule has 0 saturated carbocycles. The van der Waals surface area contributed by atoms with Crippen LogP contribution in [0.5, 0.6) is 0 Å². The van der Waals surface area contributed by atoms with E-state index in [9.17, 15) is 9.90 Å². The highest BCUT2D eigenvalue weighted by molar-refractivity contribution is 5.82. The van der Waals surface area contributed by atoms with Gasteiger partial charge in [0, 0.05) is 27.1 Å². The van der Waals surface area contributed by atoms with Crippen molar-refractivity contribution in [2.24, 2.45) is 0 Å². The lowest BCUT2D eigenvalue weighted by molar-refractivity contribution is -0.141. The van der Waals surface area contributed by atoms with E-state index in [4.69, 9.17) is 9.15 Å². The molecule has 0 aliphatic carbocycles. The SMILES string of the molecule is CO[C@@H](C(=O)N1C[C@@H](O)[C@H](N(C)Cc2nnc(C)o2)C1)c1ccccc1. The maximum absolute atomic E-state index is 12.9. The minimum atomic E-state index is -0.675. The van der Waals surface area contributed by atoms with Crippen molar-refractivity contribution in [3.05, 3.63) is 47.7 Å². The Morgan fingerprint density at radius 1 is 1.38 bits per heavy atom. The molecular weight excluding hydrogens is 336 g/mol. The number of methoxy groups -OCH3 is 1. The third-order valence-corrected chi connectivity index (χ3v) is 4.65. The summed E-state index contributed by atoms with van der Waals surface area (Å²) in [5.41, 5.74) is 0.799. The summed E-state index contributed by atoms with van der Waals surface area (Å²) in [6.07, 6.45) is -1.33. The van der Waals surface area contributed by atoms with E-state index in [0.29, 0.717) is 24.9 Å². The molecule has 140 valence electrons. The van der Waals surface area contributed by atoms with Gasteiger partial charge in [0.05, 0.1) is 18.7 Å². The number of likely N-dealkylation sites (tertiary alicyclic amines) is 1. The molecule has 0 radical (unpaired) electrons. The number of aliphatic hydroxyl groups excluding tert-OH is 1. The molecule has 2 heterocycles. The molecule has 8 heteroatoms. The zero-order valence-corrected chi connectivity index (χ0v) is 15.2. The third kappa shape index (κ3) is 3.92. The van der Waals surface area contributed by atoms with Crippen LogP contribution in [0.2, 0.25) is 0 Å². The van der Waals surface area contributed by atoms with Crippen LogP contribution in [0.3, 0.4) is 0 Å². The Morgan fingerprint density at radius 3 is 2.73 bits per heavy atom. The normalized spacial score (nSPS) is 21.3. The Balaban J connectivity index is 1.66. The van der Waals surface area contributed by atoms with Gasteiger partial charge in [0.25, 0.3) is 5.91 Å². The number of hydrogen-bond donors (Lipinski definition) is 1. The molecule has 26 heavy (non-hydrogen) atoms. The summed E-state index contributed by atoms with van der Waals surface area (Å²) in [4.78, 5) is 16.5. The van der Waals surface area contributed by atoms with Gasteiger partial charge in [-0.25, -0.2) is 0 Å². The standard InChI is InChI=1S/C18H24N4O4/c1-12-19-20-16(26-12)11-21(2)14-9-22(10-15(14)23)18(24)17(25-3)13-7-5-4-6-8-13/h4-8,14-15,17,23H,9-11H2,1-3H3/t14-,15-,17-/m1/s1. The fourth-order valence-corrected chi connectivity index (χ4v) is 3.29. The second-order valence-corrected chi connectivity index (χ2v) is 6.53. The largest absolute Gasteiger partial charge is 0.424 e. The fraction of sp³-hybridized carbons (Fsp3) is 0.500. The predicted octanol–water partition coefficient (Wildman–Crippen LogP) is 0.769. The Hall–Kier alpha value is -2.29. The molecule has 1 aliphatic heterocycles. The van der Waals surface area contributed by atoms with Gasteiger partial charge >= 0.3 is 0 Å². The van der Waals surface area contributed by atoms with Crippen molar-refractivity contribution in [1.82, 2.24) is 20.0 Å². The molecule has 1 aromatic carbocycles. The number of nitrogens with zero attached hydrogens (tertiary/aromatic N) is 4. The Bertz CT molecular complexity index is 736. The van der Waals surface area contributed by atoms with Gasteiger partial charge in [-0.1, -0.05) is 30.3 Å². The molecule has 0 unspecified atom stereocenters. The minimum absolute atomic E-state index is 0.151. The average Bonchev–Trinajstić information content (AvgIpc) is 3.22. The number of hydrogen-bond acceptors (Lipinski definition) is 7. The van der Waals surface area contributed by atoms with E-state index in [1.165, 1.54) is 7.11 Å². The van der Waals surface area contributed by atoms with Gasteiger partial charge in [-0.3, -0.25) is 9.69 Å². The number of aliphatic hydroxyl groups is 1. The first-order valence-corrected chi connectivity index (χ1v) is 8.53. The summed E-state index contributed by atoms with van der Waals surface area (Å²) in [5.74, 6) is 0.839. The van der Waals surface area contributed by atoms with Crippen LogP contribution < -0.4 is 0 Å². The molecule has 1 saturated heterocycles. The van der Waals surface area contributed by atoms with Crippen molar-refractivity contribution in [3.8, 4) is 0 Å². The number of carbonyl (C=O) groups excluding carboxylic acids is 1. The Kier molecular flexibility index (Phi) is 5.65. The first kappa shape index (κ1) is 18.5. The molecule has 3 atom stereocenters. The molecule has 0 spiro atoms. The zero-order chi connectivity index (χ0) is 18.7. The summed E-state index contributed by atoms with van der Waals surface area (Å²) >= 11 is 0. The van der Waals surface area contributed by atoms with Crippen LogP contribution in [0, 0.1) is 6.92 Å². The number of benzene rings is 1. The van der Waals surface area contributed by atoms with E-state index < -0.39 is 12.2 Å². The lowest BCUT2D eigenvalue weighted by atomic mass is 10.1. The number of ether oxygens (including phenoxy) is 1. The predicted molar refractivity (Wildman–Crippen MR) is 93.1 cm³/mol. The number of amides is 1. The maximum Gasteiger partial charge on any atom is 0.256 e. The summed E-state index contributed by atoms with van der Waals surface area (Å²) in [5, 5.41) is 18.2. The fourth-order valence-electron chi connectivity index (χ4n) is 3.29. The smallest absolute Gasteiger partial charge is 0.256 e. The number of rotatable bonds is 6. The number of aryl methyl sites for hydroxylation is 1. The van der Waals surface area contributed by atoms with Gasteiger partial charge in [-0.2, -0.15) is 0 Å². The van der Waals surface area contributed by atoms with Gasteiger partial charge in [0.15, 0.2) is 6.10 Å². The molecule has 1 N–H and O–H groups in total. The van der Waals surface area contributed by atoms with E-state index in [1.807, 2.05) is 42.3 Å². The highest BCUT2D eigenvalue weighted by atomic mass is 16.5. The molecule has 1 aromatic heterocycles. The van der Waals surface area contributed by atoms with E-state index in [1.54, 1.807) is 11.8 Å². The maximum atomic E-state index is 12.9. The lowest BCUT2D eigenvalue weighted by Crippen LogP contribution is -2.41. The quantitative estimate of drug-likeness (QED) is 0.813. The van der Waals surface area contributed by atoms with Crippen LogP contribution in [0.15, 0.2) is 34.7 Å². The topological polar surface area (TPSA) is 91.9 Å². The van der Waals surface area contributed by atoms with E-state index in [-0.39, 0.29) is 18.5 Å². The Labute approximate surface area is 152 Å². The number of β-amino-alcohol motifs (C(OH)–C–C–N with tert-alkyl or cyclic N) is 1. The monoisotopic (exact) mass is 360 g/mol. The van der Waals surface area contributed by atoms with Gasteiger partial charge in [-0.05, 0) is 12.6 Å². The number of carbonyl (C=O) groups is 1. The minimum Gasteiger partial charge on any atom is -0.424 e. The van der Waals surface area contributed by atoms with Gasteiger partial charge < -0.3 is 19.2 Å². The first-order chi connectivity index (χ1) is 12.5. The molecule has 1 amide bonds. The van der Waals surface area contributed by atoms with Crippen LogP contribution in [-0.4, -0.2) is 70.4 Å². The van der Waals surface area contributed by atoms with Gasteiger partial charge in [0.2, 0.25) is 11.8 Å². The second-order valence-electron chi connectivity index (χ2n) is 6.53. The molecule has 8 nitrogen and oxygen atoms in total. The van der Waals surface area contributed by atoms with E-state index in [2.05, 4.69) is 10.2 Å². The van der Waals surface area contributed by atoms with Crippen LogP contribution >= 0.6 is 0 Å². The summed E-state index contributed by atoms with van der Waals surface area (Å²) < 4.78 is 10.8. The first-order valence-electron chi connectivity index (χ1n) is 8.53. The Morgan fingerprint density at radius 2 is 2.12 bits per heavy atom. The zero-order valence-electron chi connectivity index (χ0n) is 15.2. The molecule has 0 bridgehead atoms. The van der Waals surface area contributed by atoms with Crippen molar-refractivity contribution in [3.63, 3.8) is 0 Å². The van der Waals surface area contributed by atoms with Gasteiger partial charge in [0.1, 0.15) is 0 Å². The highest BCUT2D eigenvalue weighted by Gasteiger charge is 2.39. The average molecular weight is 360 g/mol. The highest BCUT2D eigenvalue weighted by Crippen LogP contribution is 2.24. The molecule has 3 rings (SSSR count). The number of likely N-dealkylation sites (N-methyl/N-ethyl adjacent to an activating group) is 1. The van der Waals surface area contributed by atoms with Crippen molar-refractivity contribution in [1.29, 1.82) is 0 Å². The van der Waals surface area contributed by atoms with Crippen molar-refractivity contribution in [2.75, 3.05) is 27.2 Å². The summed E-state index contributed by atoms with van der Waals surface area (Å²) in [7, 11) is 3.38. The van der Waals surface area contributed by atoms with E-state index in [0.717, 1.165) is 5.56 Å². The van der Waals surface area contributed by atoms with Crippen molar-refractivity contribution in [2.45, 2.75) is 31.7 Å². The van der Waals surface area contributed by atoms with Crippen LogP contribution in [-0.2, 0) is 16.1 Å². The lowest BCUT2D eigenvalue weighted by Gasteiger charge is -2.25. The summed E-state index contributed by atoms with van der Waals surface area (Å²) in [6, 6.07) is 9.15. The molecule has 1 fully saturated rings. The molecule has 2 aromatic rings. The van der Waals surface area contributed by atoms with Crippen molar-refractivity contribution < 1.29 is 19.1 Å². The number of aromatic nitrogens is 2. The summed E-state index contributed by atoms with van der Waals surface area (Å²) in [6.45, 7) is 2.83. The molecular formula is C18H24N4O4. The third-order valence-electron chi connectivity index (χ3n) is 4.65. The van der Waals surface area contributed by atoms with E-state index >= 15 is 0 Å².